The van der Waals surface area contributed by atoms with Crippen molar-refractivity contribution in [2.75, 3.05) is 49.8 Å². The SMILES string of the molecule is CCNc1nc(NCC(C)(C)OC)nc(N(C)C)n1. The lowest BCUT2D eigenvalue weighted by Gasteiger charge is -2.23. The van der Waals surface area contributed by atoms with Crippen LogP contribution in [0.25, 0.3) is 0 Å². The van der Waals surface area contributed by atoms with Gasteiger partial charge in [0.15, 0.2) is 0 Å². The van der Waals surface area contributed by atoms with E-state index in [0.717, 1.165) is 6.54 Å². The van der Waals surface area contributed by atoms with Crippen molar-refractivity contribution in [2.45, 2.75) is 26.4 Å². The van der Waals surface area contributed by atoms with E-state index in [4.69, 9.17) is 4.74 Å². The maximum absolute atomic E-state index is 5.36. The zero-order chi connectivity index (χ0) is 14.5. The van der Waals surface area contributed by atoms with Gasteiger partial charge < -0.3 is 20.3 Å². The molecule has 1 heterocycles. The lowest BCUT2D eigenvalue weighted by Crippen LogP contribution is -2.32. The van der Waals surface area contributed by atoms with Crippen molar-refractivity contribution in [3.8, 4) is 0 Å². The Hall–Kier alpha value is -1.63. The lowest BCUT2D eigenvalue weighted by atomic mass is 10.1. The number of ether oxygens (including phenoxy) is 1. The molecule has 0 spiro atoms. The number of methoxy groups -OCH3 is 1. The molecule has 108 valence electrons. The highest BCUT2D eigenvalue weighted by Gasteiger charge is 2.17. The fraction of sp³-hybridized carbons (Fsp3) is 0.750. The van der Waals surface area contributed by atoms with Gasteiger partial charge in [-0.15, -0.1) is 0 Å². The molecule has 0 fully saturated rings. The van der Waals surface area contributed by atoms with Gasteiger partial charge in [0.2, 0.25) is 17.8 Å². The summed E-state index contributed by atoms with van der Waals surface area (Å²) in [7, 11) is 5.48. The zero-order valence-corrected chi connectivity index (χ0v) is 12.6. The molecule has 0 bridgehead atoms. The number of rotatable bonds is 7. The van der Waals surface area contributed by atoms with Crippen LogP contribution in [-0.2, 0) is 4.74 Å². The van der Waals surface area contributed by atoms with Crippen LogP contribution in [0.5, 0.6) is 0 Å². The summed E-state index contributed by atoms with van der Waals surface area (Å²) in [6.45, 7) is 7.38. The fourth-order valence-corrected chi connectivity index (χ4v) is 1.25. The minimum absolute atomic E-state index is 0.275. The van der Waals surface area contributed by atoms with Crippen LogP contribution >= 0.6 is 0 Å². The third-order valence-corrected chi connectivity index (χ3v) is 2.58. The molecule has 1 rings (SSSR count). The first kappa shape index (κ1) is 15.4. The molecule has 0 aliphatic rings. The van der Waals surface area contributed by atoms with E-state index < -0.39 is 0 Å². The van der Waals surface area contributed by atoms with Crippen LogP contribution in [0.4, 0.5) is 17.8 Å². The van der Waals surface area contributed by atoms with E-state index >= 15 is 0 Å². The molecule has 0 atom stereocenters. The van der Waals surface area contributed by atoms with Gasteiger partial charge in [0.05, 0.1) is 5.60 Å². The molecule has 0 saturated carbocycles. The van der Waals surface area contributed by atoms with Gasteiger partial charge in [-0.05, 0) is 20.8 Å². The molecule has 0 unspecified atom stereocenters. The van der Waals surface area contributed by atoms with Crippen molar-refractivity contribution in [3.63, 3.8) is 0 Å². The molecule has 7 nitrogen and oxygen atoms in total. The minimum atomic E-state index is -0.275. The van der Waals surface area contributed by atoms with Crippen LogP contribution in [0.1, 0.15) is 20.8 Å². The molecule has 0 radical (unpaired) electrons. The Morgan fingerprint density at radius 3 is 2.16 bits per heavy atom. The minimum Gasteiger partial charge on any atom is -0.377 e. The van der Waals surface area contributed by atoms with Gasteiger partial charge in [0, 0.05) is 34.3 Å². The summed E-state index contributed by atoms with van der Waals surface area (Å²) in [6.07, 6.45) is 0. The quantitative estimate of drug-likeness (QED) is 0.769. The predicted molar refractivity (Wildman–Crippen MR) is 77.9 cm³/mol. The molecule has 0 saturated heterocycles. The second-order valence-electron chi connectivity index (χ2n) is 5.02. The second-order valence-corrected chi connectivity index (χ2v) is 5.02. The number of anilines is 3. The largest absolute Gasteiger partial charge is 0.377 e. The highest BCUT2D eigenvalue weighted by molar-refractivity contribution is 5.43. The van der Waals surface area contributed by atoms with Crippen molar-refractivity contribution in [2.24, 2.45) is 0 Å². The van der Waals surface area contributed by atoms with E-state index in [-0.39, 0.29) is 5.60 Å². The van der Waals surface area contributed by atoms with Gasteiger partial charge in [-0.25, -0.2) is 0 Å². The molecule has 19 heavy (non-hydrogen) atoms. The smallest absolute Gasteiger partial charge is 0.231 e. The van der Waals surface area contributed by atoms with E-state index in [1.54, 1.807) is 7.11 Å². The summed E-state index contributed by atoms with van der Waals surface area (Å²) >= 11 is 0. The Morgan fingerprint density at radius 2 is 1.68 bits per heavy atom. The number of nitrogens with one attached hydrogen (secondary N) is 2. The van der Waals surface area contributed by atoms with Gasteiger partial charge >= 0.3 is 0 Å². The Kier molecular flexibility index (Phi) is 5.29. The third kappa shape index (κ3) is 4.86. The first-order valence-electron chi connectivity index (χ1n) is 6.34. The monoisotopic (exact) mass is 268 g/mol. The maximum atomic E-state index is 5.36. The predicted octanol–water partition coefficient (Wildman–Crippen LogP) is 1.21. The Labute approximate surface area is 114 Å². The molecule has 0 amide bonds. The van der Waals surface area contributed by atoms with Crippen molar-refractivity contribution < 1.29 is 4.74 Å². The summed E-state index contributed by atoms with van der Waals surface area (Å²) < 4.78 is 5.36. The van der Waals surface area contributed by atoms with Crippen LogP contribution in [0, 0.1) is 0 Å². The van der Waals surface area contributed by atoms with Crippen LogP contribution in [0.3, 0.4) is 0 Å². The number of hydrogen-bond donors (Lipinski definition) is 2. The van der Waals surface area contributed by atoms with Gasteiger partial charge in [-0.1, -0.05) is 0 Å². The highest BCUT2D eigenvalue weighted by Crippen LogP contribution is 2.13. The molecular weight excluding hydrogens is 244 g/mol. The standard InChI is InChI=1S/C12H24N6O/c1-7-13-9-15-10(14-8-12(2,3)19-6)17-11(16-9)18(4)5/h7-8H2,1-6H3,(H2,13,14,15,16,17). The van der Waals surface area contributed by atoms with E-state index in [9.17, 15) is 0 Å². The van der Waals surface area contributed by atoms with Crippen LogP contribution < -0.4 is 15.5 Å². The fourth-order valence-electron chi connectivity index (χ4n) is 1.25. The highest BCUT2D eigenvalue weighted by atomic mass is 16.5. The molecular formula is C12H24N6O. The molecule has 0 aromatic carbocycles. The van der Waals surface area contributed by atoms with E-state index in [2.05, 4.69) is 25.6 Å². The van der Waals surface area contributed by atoms with Crippen molar-refractivity contribution in [1.82, 2.24) is 15.0 Å². The molecule has 7 heteroatoms. The normalized spacial score (nSPS) is 11.3. The summed E-state index contributed by atoms with van der Waals surface area (Å²) in [5.41, 5.74) is -0.275. The Bertz CT molecular complexity index is 407. The molecule has 0 aliphatic carbocycles. The van der Waals surface area contributed by atoms with E-state index in [0.29, 0.717) is 24.4 Å². The van der Waals surface area contributed by atoms with Crippen LogP contribution in [-0.4, -0.2) is 54.8 Å². The summed E-state index contributed by atoms with van der Waals surface area (Å²) in [4.78, 5) is 14.8. The van der Waals surface area contributed by atoms with Crippen LogP contribution in [0.2, 0.25) is 0 Å². The lowest BCUT2D eigenvalue weighted by molar-refractivity contribution is 0.0342. The summed E-state index contributed by atoms with van der Waals surface area (Å²) in [5.74, 6) is 1.72. The van der Waals surface area contributed by atoms with Crippen molar-refractivity contribution in [3.05, 3.63) is 0 Å². The first-order valence-corrected chi connectivity index (χ1v) is 6.34. The van der Waals surface area contributed by atoms with Gasteiger partial charge in [0.25, 0.3) is 0 Å². The van der Waals surface area contributed by atoms with Gasteiger partial charge in [-0.2, -0.15) is 15.0 Å². The number of hydrogen-bond acceptors (Lipinski definition) is 7. The van der Waals surface area contributed by atoms with Crippen molar-refractivity contribution >= 4 is 17.8 Å². The second kappa shape index (κ2) is 6.51. The molecule has 2 N–H and O–H groups in total. The van der Waals surface area contributed by atoms with Crippen molar-refractivity contribution in [1.29, 1.82) is 0 Å². The Balaban J connectivity index is 2.87. The van der Waals surface area contributed by atoms with Gasteiger partial charge in [0.1, 0.15) is 0 Å². The zero-order valence-electron chi connectivity index (χ0n) is 12.6. The summed E-state index contributed by atoms with van der Waals surface area (Å²) in [6, 6.07) is 0. The Morgan fingerprint density at radius 1 is 1.11 bits per heavy atom. The van der Waals surface area contributed by atoms with Gasteiger partial charge in [-0.3, -0.25) is 0 Å². The average molecular weight is 268 g/mol. The topological polar surface area (TPSA) is 75.2 Å². The van der Waals surface area contributed by atoms with Crippen LogP contribution in [0.15, 0.2) is 0 Å². The maximum Gasteiger partial charge on any atom is 0.231 e. The number of aromatic nitrogens is 3. The van der Waals surface area contributed by atoms with E-state index in [1.165, 1.54) is 0 Å². The molecule has 1 aromatic heterocycles. The molecule has 1 aromatic rings. The summed E-state index contributed by atoms with van der Waals surface area (Å²) in [5, 5.41) is 6.27. The number of nitrogens with zero attached hydrogens (tertiary/aromatic N) is 4. The third-order valence-electron chi connectivity index (χ3n) is 2.58. The average Bonchev–Trinajstić information content (AvgIpc) is 2.37. The van der Waals surface area contributed by atoms with E-state index in [1.807, 2.05) is 39.8 Å². The first-order chi connectivity index (χ1) is 8.88. The molecule has 0 aliphatic heterocycles.